The van der Waals surface area contributed by atoms with Crippen LogP contribution in [0.5, 0.6) is 0 Å². The molecule has 0 aliphatic rings. The molecule has 0 aliphatic heterocycles. The van der Waals surface area contributed by atoms with E-state index in [2.05, 4.69) is 0 Å². The molecule has 1 unspecified atom stereocenters. The van der Waals surface area contributed by atoms with Crippen LogP contribution in [-0.4, -0.2) is 11.2 Å². The lowest BCUT2D eigenvalue weighted by Gasteiger charge is -2.07. The van der Waals surface area contributed by atoms with Crippen LogP contribution in [0.1, 0.15) is 12.5 Å². The highest BCUT2D eigenvalue weighted by molar-refractivity contribution is 7.99. The topological polar surface area (TPSA) is 43.1 Å². The molecule has 0 spiro atoms. The van der Waals surface area contributed by atoms with E-state index in [1.54, 1.807) is 6.92 Å². The summed E-state index contributed by atoms with van der Waals surface area (Å²) in [7, 11) is 0. The molecular weight excluding hydrogens is 218 g/mol. The fraction of sp³-hybridized carbons (Fsp3) is 0.300. The third-order valence-electron chi connectivity index (χ3n) is 1.85. The van der Waals surface area contributed by atoms with Crippen molar-refractivity contribution in [1.82, 2.24) is 0 Å². The molecule has 0 radical (unpaired) electrons. The van der Waals surface area contributed by atoms with E-state index in [-0.39, 0.29) is 11.2 Å². The van der Waals surface area contributed by atoms with Crippen molar-refractivity contribution in [2.24, 2.45) is 5.73 Å². The summed E-state index contributed by atoms with van der Waals surface area (Å²) in [6.45, 7) is 1.80. The van der Waals surface area contributed by atoms with Gasteiger partial charge in [0.25, 0.3) is 0 Å². The molecule has 1 aromatic carbocycles. The van der Waals surface area contributed by atoms with E-state index in [9.17, 15) is 4.79 Å². The van der Waals surface area contributed by atoms with Gasteiger partial charge in [-0.25, -0.2) is 0 Å². The molecule has 0 saturated carbocycles. The molecule has 14 heavy (non-hydrogen) atoms. The van der Waals surface area contributed by atoms with Gasteiger partial charge in [-0.15, -0.1) is 11.8 Å². The molecule has 1 amide bonds. The predicted molar refractivity (Wildman–Crippen MR) is 61.4 cm³/mol. The summed E-state index contributed by atoms with van der Waals surface area (Å²) < 4.78 is 0. The third-order valence-corrected chi connectivity index (χ3v) is 3.43. The van der Waals surface area contributed by atoms with Gasteiger partial charge in [0.1, 0.15) is 0 Å². The Morgan fingerprint density at radius 2 is 2.21 bits per heavy atom. The molecule has 0 heterocycles. The van der Waals surface area contributed by atoms with Crippen LogP contribution in [0.4, 0.5) is 0 Å². The number of amides is 1. The number of halogens is 1. The van der Waals surface area contributed by atoms with Gasteiger partial charge in [-0.2, -0.15) is 0 Å². The van der Waals surface area contributed by atoms with E-state index in [0.29, 0.717) is 5.75 Å². The Morgan fingerprint density at radius 3 is 2.79 bits per heavy atom. The van der Waals surface area contributed by atoms with E-state index < -0.39 is 0 Å². The van der Waals surface area contributed by atoms with Crippen LogP contribution < -0.4 is 5.73 Å². The Balaban J connectivity index is 2.54. The molecule has 2 N–H and O–H groups in total. The van der Waals surface area contributed by atoms with E-state index in [0.717, 1.165) is 10.6 Å². The van der Waals surface area contributed by atoms with Crippen molar-refractivity contribution >= 4 is 29.3 Å². The van der Waals surface area contributed by atoms with E-state index in [1.807, 2.05) is 24.3 Å². The van der Waals surface area contributed by atoms with Gasteiger partial charge in [0, 0.05) is 10.8 Å². The number of benzene rings is 1. The van der Waals surface area contributed by atoms with Gasteiger partial charge in [-0.3, -0.25) is 4.79 Å². The quantitative estimate of drug-likeness (QED) is 0.862. The average molecular weight is 230 g/mol. The molecule has 0 aromatic heterocycles. The lowest BCUT2D eigenvalue weighted by Crippen LogP contribution is -2.22. The van der Waals surface area contributed by atoms with Gasteiger partial charge in [0.15, 0.2) is 0 Å². The molecule has 2 nitrogen and oxygen atoms in total. The van der Waals surface area contributed by atoms with Crippen LogP contribution in [0.15, 0.2) is 24.3 Å². The van der Waals surface area contributed by atoms with E-state index in [1.165, 1.54) is 11.8 Å². The number of carbonyl (C=O) groups is 1. The second-order valence-corrected chi connectivity index (χ2v) is 4.68. The molecule has 0 bridgehead atoms. The molecule has 76 valence electrons. The Morgan fingerprint density at radius 1 is 1.57 bits per heavy atom. The standard InChI is InChI=1S/C10H12ClNOS/c1-7(10(12)13)14-6-8-4-2-3-5-9(8)11/h2-5,7H,6H2,1H3,(H2,12,13). The van der Waals surface area contributed by atoms with Gasteiger partial charge in [-0.05, 0) is 18.6 Å². The Kier molecular flexibility index (Phi) is 4.29. The molecular formula is C10H12ClNOS. The lowest BCUT2D eigenvalue weighted by atomic mass is 10.2. The highest BCUT2D eigenvalue weighted by Crippen LogP contribution is 2.23. The van der Waals surface area contributed by atoms with Gasteiger partial charge in [0.2, 0.25) is 5.91 Å². The minimum atomic E-state index is -0.290. The minimum Gasteiger partial charge on any atom is -0.369 e. The smallest absolute Gasteiger partial charge is 0.230 e. The number of hydrogen-bond acceptors (Lipinski definition) is 2. The van der Waals surface area contributed by atoms with Crippen molar-refractivity contribution in [2.75, 3.05) is 0 Å². The van der Waals surface area contributed by atoms with Gasteiger partial charge in [0.05, 0.1) is 5.25 Å². The fourth-order valence-electron chi connectivity index (χ4n) is 0.912. The van der Waals surface area contributed by atoms with Gasteiger partial charge < -0.3 is 5.73 Å². The maximum absolute atomic E-state index is 10.8. The maximum atomic E-state index is 10.8. The van der Waals surface area contributed by atoms with Crippen LogP contribution in [-0.2, 0) is 10.5 Å². The number of hydrogen-bond donors (Lipinski definition) is 1. The van der Waals surface area contributed by atoms with Crippen LogP contribution in [0.25, 0.3) is 0 Å². The summed E-state index contributed by atoms with van der Waals surface area (Å²) in [5.41, 5.74) is 6.18. The van der Waals surface area contributed by atoms with Crippen molar-refractivity contribution < 1.29 is 4.79 Å². The predicted octanol–water partition coefficient (Wildman–Crippen LogP) is 2.45. The normalized spacial score (nSPS) is 12.4. The first-order chi connectivity index (χ1) is 6.61. The first-order valence-corrected chi connectivity index (χ1v) is 5.68. The summed E-state index contributed by atoms with van der Waals surface area (Å²) in [5.74, 6) is 0.422. The van der Waals surface area contributed by atoms with E-state index in [4.69, 9.17) is 17.3 Å². The van der Waals surface area contributed by atoms with Crippen molar-refractivity contribution in [1.29, 1.82) is 0 Å². The minimum absolute atomic E-state index is 0.175. The number of nitrogens with two attached hydrogens (primary N) is 1. The summed E-state index contributed by atoms with van der Waals surface area (Å²) in [5, 5.41) is 0.558. The second-order valence-electron chi connectivity index (χ2n) is 2.95. The fourth-order valence-corrected chi connectivity index (χ4v) is 2.04. The Labute approximate surface area is 92.8 Å². The first-order valence-electron chi connectivity index (χ1n) is 4.25. The summed E-state index contributed by atoms with van der Waals surface area (Å²) in [4.78, 5) is 10.8. The largest absolute Gasteiger partial charge is 0.369 e. The summed E-state index contributed by atoms with van der Waals surface area (Å²) in [6.07, 6.45) is 0. The zero-order valence-corrected chi connectivity index (χ0v) is 9.44. The van der Waals surface area contributed by atoms with Crippen LogP contribution in [0, 0.1) is 0 Å². The molecule has 1 rings (SSSR count). The Bertz CT molecular complexity index is 330. The number of primary amides is 1. The van der Waals surface area contributed by atoms with Crippen molar-refractivity contribution in [3.63, 3.8) is 0 Å². The molecule has 0 fully saturated rings. The highest BCUT2D eigenvalue weighted by atomic mass is 35.5. The highest BCUT2D eigenvalue weighted by Gasteiger charge is 2.09. The van der Waals surface area contributed by atoms with Gasteiger partial charge in [-0.1, -0.05) is 29.8 Å². The van der Waals surface area contributed by atoms with Crippen LogP contribution >= 0.6 is 23.4 Å². The average Bonchev–Trinajstić information content (AvgIpc) is 2.16. The lowest BCUT2D eigenvalue weighted by molar-refractivity contribution is -0.117. The number of rotatable bonds is 4. The molecule has 0 saturated heterocycles. The SMILES string of the molecule is CC(SCc1ccccc1Cl)C(N)=O. The van der Waals surface area contributed by atoms with Crippen LogP contribution in [0.3, 0.4) is 0 Å². The van der Waals surface area contributed by atoms with Crippen molar-refractivity contribution in [3.05, 3.63) is 34.9 Å². The molecule has 0 aliphatic carbocycles. The Hall–Kier alpha value is -0.670. The first kappa shape index (κ1) is 11.4. The maximum Gasteiger partial charge on any atom is 0.230 e. The number of thioether (sulfide) groups is 1. The third kappa shape index (κ3) is 3.24. The molecule has 1 atom stereocenters. The molecule has 4 heteroatoms. The monoisotopic (exact) mass is 229 g/mol. The zero-order valence-electron chi connectivity index (χ0n) is 7.87. The number of carbonyl (C=O) groups excluding carboxylic acids is 1. The van der Waals surface area contributed by atoms with Crippen molar-refractivity contribution in [3.8, 4) is 0 Å². The summed E-state index contributed by atoms with van der Waals surface area (Å²) in [6, 6.07) is 7.60. The second kappa shape index (κ2) is 5.27. The summed E-state index contributed by atoms with van der Waals surface area (Å²) >= 11 is 7.45. The van der Waals surface area contributed by atoms with Gasteiger partial charge >= 0.3 is 0 Å². The van der Waals surface area contributed by atoms with Crippen LogP contribution in [0.2, 0.25) is 5.02 Å². The van der Waals surface area contributed by atoms with E-state index >= 15 is 0 Å². The zero-order chi connectivity index (χ0) is 10.6. The van der Waals surface area contributed by atoms with Crippen molar-refractivity contribution in [2.45, 2.75) is 17.9 Å². The molecule has 1 aromatic rings.